The molecular formula is C17H22N4O4. The van der Waals surface area contributed by atoms with Crippen LogP contribution in [0.4, 0.5) is 16.2 Å². The van der Waals surface area contributed by atoms with Gasteiger partial charge in [-0.25, -0.2) is 4.79 Å². The molecule has 0 aliphatic heterocycles. The highest BCUT2D eigenvalue weighted by Crippen LogP contribution is 2.28. The highest BCUT2D eigenvalue weighted by atomic mass is 16.6. The number of hydrogen-bond donors (Lipinski definition) is 2. The summed E-state index contributed by atoms with van der Waals surface area (Å²) in [6.45, 7) is 3.74. The van der Waals surface area contributed by atoms with Crippen molar-refractivity contribution in [1.82, 2.24) is 10.2 Å². The van der Waals surface area contributed by atoms with E-state index in [2.05, 4.69) is 10.6 Å². The molecule has 0 bridgehead atoms. The smallest absolute Gasteiger partial charge is 0.319 e. The lowest BCUT2D eigenvalue weighted by Crippen LogP contribution is -2.37. The Morgan fingerprint density at radius 2 is 2.04 bits per heavy atom. The summed E-state index contributed by atoms with van der Waals surface area (Å²) in [5.74, 6) is 0.744. The first-order valence-corrected chi connectivity index (χ1v) is 7.80. The van der Waals surface area contributed by atoms with Crippen LogP contribution in [0.2, 0.25) is 0 Å². The first kappa shape index (κ1) is 18.5. The lowest BCUT2D eigenvalue weighted by molar-refractivity contribution is -0.385. The van der Waals surface area contributed by atoms with Gasteiger partial charge in [0.15, 0.2) is 0 Å². The molecule has 2 aromatic rings. The zero-order valence-electron chi connectivity index (χ0n) is 14.7. The van der Waals surface area contributed by atoms with E-state index in [1.54, 1.807) is 32.2 Å². The maximum absolute atomic E-state index is 12.3. The van der Waals surface area contributed by atoms with Gasteiger partial charge < -0.3 is 15.1 Å². The standard InChI is InChI=1S/C17H22N4O4/c1-11-7-8-13(21(23)24)12(2)16(11)19-17(22)18-10-14(20(3)4)15-6-5-9-25-15/h5-9,14H,10H2,1-4H3,(H2,18,19,22)/t14-/m0/s1. The van der Waals surface area contributed by atoms with Crippen molar-refractivity contribution < 1.29 is 14.1 Å². The van der Waals surface area contributed by atoms with Gasteiger partial charge in [-0.3, -0.25) is 15.0 Å². The number of nitro benzene ring substituents is 1. The predicted octanol–water partition coefficient (Wildman–Crippen LogP) is 3.23. The molecule has 0 fully saturated rings. The van der Waals surface area contributed by atoms with Gasteiger partial charge in [0.2, 0.25) is 0 Å². The van der Waals surface area contributed by atoms with E-state index < -0.39 is 11.0 Å². The van der Waals surface area contributed by atoms with Crippen LogP contribution in [0.15, 0.2) is 34.9 Å². The second-order valence-electron chi connectivity index (χ2n) is 5.99. The number of anilines is 1. The van der Waals surface area contributed by atoms with Gasteiger partial charge in [-0.1, -0.05) is 6.07 Å². The number of nitrogens with zero attached hydrogens (tertiary/aromatic N) is 2. The predicted molar refractivity (Wildman–Crippen MR) is 94.7 cm³/mol. The fourth-order valence-corrected chi connectivity index (χ4v) is 2.59. The summed E-state index contributed by atoms with van der Waals surface area (Å²) < 4.78 is 5.40. The number of aryl methyl sites for hydroxylation is 1. The Labute approximate surface area is 146 Å². The van der Waals surface area contributed by atoms with Gasteiger partial charge in [-0.05, 0) is 45.6 Å². The Hall–Kier alpha value is -2.87. The van der Waals surface area contributed by atoms with Gasteiger partial charge in [0.25, 0.3) is 5.69 Å². The van der Waals surface area contributed by atoms with Gasteiger partial charge in [0.05, 0.1) is 28.5 Å². The number of nitrogens with one attached hydrogen (secondary N) is 2. The van der Waals surface area contributed by atoms with E-state index in [1.165, 1.54) is 6.07 Å². The van der Waals surface area contributed by atoms with Crippen molar-refractivity contribution in [2.24, 2.45) is 0 Å². The first-order valence-electron chi connectivity index (χ1n) is 7.80. The van der Waals surface area contributed by atoms with Crippen molar-refractivity contribution >= 4 is 17.4 Å². The van der Waals surface area contributed by atoms with Gasteiger partial charge in [-0.15, -0.1) is 0 Å². The SMILES string of the molecule is Cc1ccc([N+](=O)[O-])c(C)c1NC(=O)NC[C@@H](c1ccco1)N(C)C. The molecule has 8 heteroatoms. The molecule has 0 saturated carbocycles. The molecule has 2 amide bonds. The van der Waals surface area contributed by atoms with Crippen molar-refractivity contribution in [2.75, 3.05) is 26.0 Å². The lowest BCUT2D eigenvalue weighted by Gasteiger charge is -2.23. The van der Waals surface area contributed by atoms with Gasteiger partial charge in [0, 0.05) is 12.6 Å². The minimum absolute atomic E-state index is 0.0253. The molecule has 0 aliphatic rings. The van der Waals surface area contributed by atoms with Crippen LogP contribution in [-0.2, 0) is 0 Å². The van der Waals surface area contributed by atoms with Crippen LogP contribution >= 0.6 is 0 Å². The van der Waals surface area contributed by atoms with E-state index in [4.69, 9.17) is 4.42 Å². The number of urea groups is 1. The maximum atomic E-state index is 12.3. The van der Waals surface area contributed by atoms with Crippen LogP contribution in [0, 0.1) is 24.0 Å². The number of hydrogen-bond acceptors (Lipinski definition) is 5. The summed E-state index contributed by atoms with van der Waals surface area (Å²) in [6.07, 6.45) is 1.59. The summed E-state index contributed by atoms with van der Waals surface area (Å²) in [5.41, 5.74) is 1.61. The normalized spacial score (nSPS) is 12.0. The monoisotopic (exact) mass is 346 g/mol. The third-order valence-electron chi connectivity index (χ3n) is 4.03. The van der Waals surface area contributed by atoms with Crippen LogP contribution in [-0.4, -0.2) is 36.5 Å². The highest BCUT2D eigenvalue weighted by Gasteiger charge is 2.20. The number of rotatable bonds is 6. The molecule has 134 valence electrons. The topological polar surface area (TPSA) is 101 Å². The zero-order chi connectivity index (χ0) is 18.6. The van der Waals surface area contributed by atoms with Crippen LogP contribution < -0.4 is 10.6 Å². The number of benzene rings is 1. The first-order chi connectivity index (χ1) is 11.8. The largest absolute Gasteiger partial charge is 0.468 e. The van der Waals surface area contributed by atoms with Gasteiger partial charge in [-0.2, -0.15) is 0 Å². The molecule has 1 aromatic heterocycles. The van der Waals surface area contributed by atoms with E-state index in [0.717, 1.165) is 11.3 Å². The maximum Gasteiger partial charge on any atom is 0.319 e. The molecule has 0 spiro atoms. The third-order valence-corrected chi connectivity index (χ3v) is 4.03. The van der Waals surface area contributed by atoms with Crippen molar-refractivity contribution in [2.45, 2.75) is 19.9 Å². The number of carbonyl (C=O) groups is 1. The minimum Gasteiger partial charge on any atom is -0.468 e. The second-order valence-corrected chi connectivity index (χ2v) is 5.99. The number of furan rings is 1. The zero-order valence-corrected chi connectivity index (χ0v) is 14.7. The van der Waals surface area contributed by atoms with E-state index in [9.17, 15) is 14.9 Å². The second kappa shape index (κ2) is 7.80. The number of likely N-dealkylation sites (N-methyl/N-ethyl adjacent to an activating group) is 1. The third kappa shape index (κ3) is 4.36. The fourth-order valence-electron chi connectivity index (χ4n) is 2.59. The fraction of sp³-hybridized carbons (Fsp3) is 0.353. The Bertz CT molecular complexity index is 756. The van der Waals surface area contributed by atoms with E-state index in [1.807, 2.05) is 25.1 Å². The summed E-state index contributed by atoms with van der Waals surface area (Å²) >= 11 is 0. The van der Waals surface area contributed by atoms with E-state index in [0.29, 0.717) is 17.8 Å². The average Bonchev–Trinajstić information content (AvgIpc) is 3.05. The summed E-state index contributed by atoms with van der Waals surface area (Å²) in [7, 11) is 3.78. The lowest BCUT2D eigenvalue weighted by atomic mass is 10.1. The molecule has 0 aliphatic carbocycles. The van der Waals surface area contributed by atoms with Crippen LogP contribution in [0.5, 0.6) is 0 Å². The molecule has 2 N–H and O–H groups in total. The molecular weight excluding hydrogens is 324 g/mol. The summed E-state index contributed by atoms with van der Waals surface area (Å²) in [5, 5.41) is 16.5. The molecule has 25 heavy (non-hydrogen) atoms. The molecule has 8 nitrogen and oxygen atoms in total. The Morgan fingerprint density at radius 3 is 2.60 bits per heavy atom. The molecule has 0 radical (unpaired) electrons. The van der Waals surface area contributed by atoms with Gasteiger partial charge >= 0.3 is 6.03 Å². The summed E-state index contributed by atoms with van der Waals surface area (Å²) in [4.78, 5) is 24.8. The quantitative estimate of drug-likeness (QED) is 0.618. The Morgan fingerprint density at radius 1 is 1.32 bits per heavy atom. The van der Waals surface area contributed by atoms with Crippen LogP contribution in [0.3, 0.4) is 0 Å². The average molecular weight is 346 g/mol. The number of carbonyl (C=O) groups excluding carboxylic acids is 1. The summed E-state index contributed by atoms with van der Waals surface area (Å²) in [6, 6.07) is 6.15. The van der Waals surface area contributed by atoms with Crippen molar-refractivity contribution in [3.05, 3.63) is 57.5 Å². The Balaban J connectivity index is 2.08. The van der Waals surface area contributed by atoms with Gasteiger partial charge in [0.1, 0.15) is 5.76 Å². The van der Waals surface area contributed by atoms with E-state index in [-0.39, 0.29) is 11.7 Å². The van der Waals surface area contributed by atoms with E-state index >= 15 is 0 Å². The van der Waals surface area contributed by atoms with Crippen molar-refractivity contribution in [3.8, 4) is 0 Å². The van der Waals surface area contributed by atoms with Crippen molar-refractivity contribution in [1.29, 1.82) is 0 Å². The van der Waals surface area contributed by atoms with Crippen molar-refractivity contribution in [3.63, 3.8) is 0 Å². The number of nitro groups is 1. The van der Waals surface area contributed by atoms with Crippen LogP contribution in [0.25, 0.3) is 0 Å². The highest BCUT2D eigenvalue weighted by molar-refractivity contribution is 5.91. The molecule has 0 saturated heterocycles. The molecule has 1 atom stereocenters. The molecule has 0 unspecified atom stereocenters. The molecule has 2 rings (SSSR count). The molecule has 1 heterocycles. The minimum atomic E-state index is -0.461. The molecule has 1 aromatic carbocycles. The Kier molecular flexibility index (Phi) is 5.76. The number of amides is 2. The van der Waals surface area contributed by atoms with Crippen LogP contribution in [0.1, 0.15) is 22.9 Å².